The third kappa shape index (κ3) is 3.56. The van der Waals surface area contributed by atoms with Crippen molar-refractivity contribution >= 4 is 39.0 Å². The van der Waals surface area contributed by atoms with Crippen LogP contribution in [-0.2, 0) is 14.6 Å². The molecule has 3 saturated carbocycles. The van der Waals surface area contributed by atoms with Gasteiger partial charge in [0.25, 0.3) is 5.91 Å². The average molecular weight is 486 g/mol. The summed E-state index contributed by atoms with van der Waals surface area (Å²) in [7, 11) is -4.04. The lowest BCUT2D eigenvalue weighted by Crippen LogP contribution is -2.66. The third-order valence-corrected chi connectivity index (χ3v) is 9.02. The molecule has 2 unspecified atom stereocenters. The van der Waals surface area contributed by atoms with E-state index in [1.165, 1.54) is 12.1 Å². The average Bonchev–Trinajstić information content (AvgIpc) is 2.75. The highest BCUT2D eigenvalue weighted by atomic mass is 35.5. The van der Waals surface area contributed by atoms with Crippen LogP contribution in [0, 0.1) is 23.5 Å². The molecule has 0 heterocycles. The molecule has 0 saturated heterocycles. The van der Waals surface area contributed by atoms with Crippen molar-refractivity contribution in [3.05, 3.63) is 58.6 Å². The molecule has 2 bridgehead atoms. The van der Waals surface area contributed by atoms with Gasteiger partial charge in [0.2, 0.25) is 0 Å². The van der Waals surface area contributed by atoms with Crippen LogP contribution in [0.2, 0.25) is 5.02 Å². The van der Waals surface area contributed by atoms with Gasteiger partial charge in [-0.05, 0) is 49.6 Å². The maximum Gasteiger partial charge on any atom is 0.336 e. The van der Waals surface area contributed by atoms with E-state index < -0.39 is 56.0 Å². The van der Waals surface area contributed by atoms with Crippen LogP contribution in [0.15, 0.2) is 41.3 Å². The number of nitrogens with one attached hydrogen (secondary N) is 1. The highest BCUT2D eigenvalue weighted by molar-refractivity contribution is 7.92. The minimum atomic E-state index is -4.04. The number of hydrogen-bond donors (Lipinski definition) is 3. The first-order valence-corrected chi connectivity index (χ1v) is 11.6. The molecule has 32 heavy (non-hydrogen) atoms. The Morgan fingerprint density at radius 3 is 2.28 bits per heavy atom. The summed E-state index contributed by atoms with van der Waals surface area (Å²) in [5.74, 6) is -5.71. The number of carbonyl (C=O) groups excluding carboxylic acids is 1. The summed E-state index contributed by atoms with van der Waals surface area (Å²) >= 11 is 6.11. The van der Waals surface area contributed by atoms with Crippen LogP contribution in [0.4, 0.5) is 14.5 Å². The van der Waals surface area contributed by atoms with Gasteiger partial charge in [-0.25, -0.2) is 22.0 Å². The number of sulfone groups is 1. The SMILES string of the molecule is O=C(Nc1ccc(F)c(F)c1)c1ccc(Cl)c(S(=O)(=O)C2CC3CC(C2)C3(O)C(=O)O)c1. The number of aliphatic carboxylic acids is 1. The summed E-state index contributed by atoms with van der Waals surface area (Å²) in [6.07, 6.45) is 0.353. The maximum atomic E-state index is 13.4. The van der Waals surface area contributed by atoms with E-state index in [4.69, 9.17) is 11.6 Å². The van der Waals surface area contributed by atoms with Crippen LogP contribution < -0.4 is 5.32 Å². The van der Waals surface area contributed by atoms with Crippen molar-refractivity contribution in [3.8, 4) is 0 Å². The van der Waals surface area contributed by atoms with Gasteiger partial charge in [0.05, 0.1) is 15.2 Å². The van der Waals surface area contributed by atoms with E-state index in [-0.39, 0.29) is 34.0 Å². The second kappa shape index (κ2) is 7.79. The zero-order chi connectivity index (χ0) is 23.4. The second-order valence-corrected chi connectivity index (χ2v) is 10.7. The number of carboxylic acid groups (broad SMARTS) is 1. The number of anilines is 1. The van der Waals surface area contributed by atoms with Crippen molar-refractivity contribution in [1.29, 1.82) is 0 Å². The molecule has 2 aromatic rings. The summed E-state index contributed by atoms with van der Waals surface area (Å²) in [5.41, 5.74) is -2.00. The molecule has 1 amide bonds. The second-order valence-electron chi connectivity index (χ2n) is 8.13. The Bertz CT molecular complexity index is 1220. The molecule has 3 aliphatic carbocycles. The zero-order valence-corrected chi connectivity index (χ0v) is 18.0. The molecule has 2 atom stereocenters. The molecule has 3 aliphatic rings. The number of amides is 1. The quantitative estimate of drug-likeness (QED) is 0.597. The van der Waals surface area contributed by atoms with Gasteiger partial charge in [0.15, 0.2) is 27.1 Å². The number of carboxylic acids is 1. The molecule has 2 aromatic carbocycles. The Morgan fingerprint density at radius 1 is 1.03 bits per heavy atom. The Hall–Kier alpha value is -2.56. The van der Waals surface area contributed by atoms with E-state index >= 15 is 0 Å². The first-order chi connectivity index (χ1) is 14.9. The van der Waals surface area contributed by atoms with Crippen LogP contribution in [0.25, 0.3) is 0 Å². The highest BCUT2D eigenvalue weighted by Gasteiger charge is 2.64. The molecule has 3 fully saturated rings. The van der Waals surface area contributed by atoms with Gasteiger partial charge in [0, 0.05) is 29.2 Å². The van der Waals surface area contributed by atoms with Crippen LogP contribution in [0.1, 0.15) is 29.6 Å². The van der Waals surface area contributed by atoms with Crippen LogP contribution in [0.3, 0.4) is 0 Å². The van der Waals surface area contributed by atoms with Crippen molar-refractivity contribution < 1.29 is 37.0 Å². The lowest BCUT2D eigenvalue weighted by atomic mass is 9.54. The molecule has 0 radical (unpaired) electrons. The van der Waals surface area contributed by atoms with Crippen LogP contribution in [-0.4, -0.2) is 41.4 Å². The Labute approximate surface area is 186 Å². The number of aliphatic hydroxyl groups is 1. The van der Waals surface area contributed by atoms with Gasteiger partial charge >= 0.3 is 5.97 Å². The molecular weight excluding hydrogens is 468 g/mol. The number of halogens is 3. The maximum absolute atomic E-state index is 13.4. The van der Waals surface area contributed by atoms with Gasteiger partial charge < -0.3 is 15.5 Å². The van der Waals surface area contributed by atoms with Gasteiger partial charge in [-0.15, -0.1) is 0 Å². The number of fused-ring (bicyclic) bond motifs is 2. The van der Waals surface area contributed by atoms with E-state index in [1.807, 2.05) is 0 Å². The van der Waals surface area contributed by atoms with E-state index in [2.05, 4.69) is 5.32 Å². The number of rotatable bonds is 5. The summed E-state index contributed by atoms with van der Waals surface area (Å²) in [6.45, 7) is 0. The van der Waals surface area contributed by atoms with Crippen molar-refractivity contribution in [3.63, 3.8) is 0 Å². The van der Waals surface area contributed by atoms with E-state index in [9.17, 15) is 37.0 Å². The standard InChI is InChI=1S/C21H18ClF2NO6S/c22-15-3-1-10(19(26)25-13-2-4-16(23)17(24)9-13)5-18(15)32(30,31)14-7-11-6-12(8-14)21(11,29)20(27)28/h1-5,9,11-12,14,29H,6-8H2,(H,25,26)(H,27,28). The molecule has 0 spiro atoms. The van der Waals surface area contributed by atoms with E-state index in [0.717, 1.165) is 24.3 Å². The number of carbonyl (C=O) groups is 2. The molecule has 0 aromatic heterocycles. The summed E-state index contributed by atoms with van der Waals surface area (Å²) in [5, 5.41) is 20.9. The summed E-state index contributed by atoms with van der Waals surface area (Å²) in [6, 6.07) is 6.41. The Kier molecular flexibility index (Phi) is 5.51. The normalized spacial score (nSPS) is 26.8. The van der Waals surface area contributed by atoms with E-state index in [1.54, 1.807) is 0 Å². The first-order valence-electron chi connectivity index (χ1n) is 9.70. The predicted molar refractivity (Wildman–Crippen MR) is 110 cm³/mol. The van der Waals surface area contributed by atoms with Crippen LogP contribution >= 0.6 is 11.6 Å². The van der Waals surface area contributed by atoms with Crippen molar-refractivity contribution in [2.75, 3.05) is 5.32 Å². The fourth-order valence-electron chi connectivity index (χ4n) is 4.58. The fraction of sp³-hybridized carbons (Fsp3) is 0.333. The van der Waals surface area contributed by atoms with Gasteiger partial charge in [-0.1, -0.05) is 11.6 Å². The molecule has 5 rings (SSSR count). The minimum absolute atomic E-state index is 0.0198. The molecular formula is C21H18ClF2NO6S. The number of hydrogen-bond acceptors (Lipinski definition) is 5. The molecule has 170 valence electrons. The summed E-state index contributed by atoms with van der Waals surface area (Å²) in [4.78, 5) is 23.6. The number of benzene rings is 2. The minimum Gasteiger partial charge on any atom is -0.479 e. The van der Waals surface area contributed by atoms with Crippen molar-refractivity contribution in [2.24, 2.45) is 11.8 Å². The molecule has 3 N–H and O–H groups in total. The van der Waals surface area contributed by atoms with Crippen molar-refractivity contribution in [2.45, 2.75) is 35.0 Å². The molecule has 11 heteroatoms. The molecule has 7 nitrogen and oxygen atoms in total. The lowest BCUT2D eigenvalue weighted by Gasteiger charge is -2.55. The first kappa shape index (κ1) is 22.6. The van der Waals surface area contributed by atoms with Crippen LogP contribution in [0.5, 0.6) is 0 Å². The third-order valence-electron chi connectivity index (χ3n) is 6.37. The Balaban J connectivity index is 1.58. The van der Waals surface area contributed by atoms with Gasteiger partial charge in [-0.2, -0.15) is 0 Å². The highest BCUT2D eigenvalue weighted by Crippen LogP contribution is 2.55. The fourth-order valence-corrected chi connectivity index (χ4v) is 6.98. The summed E-state index contributed by atoms with van der Waals surface area (Å²) < 4.78 is 52.9. The predicted octanol–water partition coefficient (Wildman–Crippen LogP) is 3.26. The Morgan fingerprint density at radius 2 is 1.69 bits per heavy atom. The monoisotopic (exact) mass is 485 g/mol. The smallest absolute Gasteiger partial charge is 0.336 e. The van der Waals surface area contributed by atoms with E-state index in [0.29, 0.717) is 6.42 Å². The van der Waals surface area contributed by atoms with Gasteiger partial charge in [0.1, 0.15) is 0 Å². The lowest BCUT2D eigenvalue weighted by molar-refractivity contribution is -0.207. The topological polar surface area (TPSA) is 121 Å². The molecule has 0 aliphatic heterocycles. The zero-order valence-electron chi connectivity index (χ0n) is 16.4. The van der Waals surface area contributed by atoms with Gasteiger partial charge in [-0.3, -0.25) is 4.79 Å². The van der Waals surface area contributed by atoms with Crippen molar-refractivity contribution in [1.82, 2.24) is 0 Å². The largest absolute Gasteiger partial charge is 0.479 e.